The van der Waals surface area contributed by atoms with E-state index in [0.29, 0.717) is 17.4 Å². The summed E-state index contributed by atoms with van der Waals surface area (Å²) in [5.74, 6) is 6.85. The van der Waals surface area contributed by atoms with Gasteiger partial charge in [-0.2, -0.15) is 0 Å². The van der Waals surface area contributed by atoms with Crippen LogP contribution < -0.4 is 5.84 Å². The summed E-state index contributed by atoms with van der Waals surface area (Å²) >= 11 is 1.25. The number of aromatic nitrogens is 3. The van der Waals surface area contributed by atoms with Crippen molar-refractivity contribution in [2.75, 3.05) is 23.1 Å². The maximum absolute atomic E-state index is 12.9. The van der Waals surface area contributed by atoms with Crippen LogP contribution in [0.15, 0.2) is 5.16 Å². The highest BCUT2D eigenvalue weighted by Crippen LogP contribution is 2.29. The molecule has 2 N–H and O–H groups in total. The van der Waals surface area contributed by atoms with Gasteiger partial charge in [-0.15, -0.1) is 10.2 Å². The Bertz CT molecular complexity index is 728. The number of carbonyl (C=O) groups excluding carboxylic acids is 1. The zero-order valence-corrected chi connectivity index (χ0v) is 16.1. The number of carbonyl (C=O) groups is 1. The topological polar surface area (TPSA) is 111 Å². The molecule has 0 bridgehead atoms. The van der Waals surface area contributed by atoms with E-state index < -0.39 is 9.84 Å². The van der Waals surface area contributed by atoms with Crippen molar-refractivity contribution in [1.29, 1.82) is 0 Å². The van der Waals surface area contributed by atoms with Crippen molar-refractivity contribution in [1.82, 2.24) is 19.8 Å². The van der Waals surface area contributed by atoms with E-state index >= 15 is 0 Å². The van der Waals surface area contributed by atoms with Gasteiger partial charge in [0.2, 0.25) is 11.1 Å². The van der Waals surface area contributed by atoms with Gasteiger partial charge in [-0.3, -0.25) is 4.79 Å². The fourth-order valence-electron chi connectivity index (χ4n) is 3.71. The minimum Gasteiger partial charge on any atom is -0.336 e. The molecule has 3 rings (SSSR count). The highest BCUT2D eigenvalue weighted by Gasteiger charge is 2.38. The van der Waals surface area contributed by atoms with Crippen molar-refractivity contribution in [2.24, 2.45) is 0 Å². The van der Waals surface area contributed by atoms with Crippen molar-refractivity contribution in [3.05, 3.63) is 5.82 Å². The number of rotatable bonds is 5. The summed E-state index contributed by atoms with van der Waals surface area (Å²) in [4.78, 5) is 14.8. The van der Waals surface area contributed by atoms with Gasteiger partial charge in [-0.1, -0.05) is 31.0 Å². The number of thioether (sulfide) groups is 1. The first kappa shape index (κ1) is 18.5. The van der Waals surface area contributed by atoms with E-state index in [1.807, 2.05) is 4.90 Å². The molecule has 0 radical (unpaired) electrons. The molecular formula is C15H25N5O3S2. The van der Waals surface area contributed by atoms with Crippen molar-refractivity contribution < 1.29 is 13.2 Å². The van der Waals surface area contributed by atoms with E-state index in [1.165, 1.54) is 22.9 Å². The Morgan fingerprint density at radius 2 is 1.96 bits per heavy atom. The van der Waals surface area contributed by atoms with Crippen LogP contribution in [0.4, 0.5) is 0 Å². The molecule has 1 amide bonds. The quantitative estimate of drug-likeness (QED) is 0.586. The van der Waals surface area contributed by atoms with Crippen molar-refractivity contribution in [2.45, 2.75) is 62.7 Å². The molecule has 0 spiro atoms. The molecule has 1 aliphatic heterocycles. The minimum atomic E-state index is -3.03. The molecule has 1 aromatic heterocycles. The Labute approximate surface area is 152 Å². The molecule has 0 unspecified atom stereocenters. The fourth-order valence-corrected chi connectivity index (χ4v) is 6.19. The van der Waals surface area contributed by atoms with E-state index in [1.54, 1.807) is 6.92 Å². The number of hydrogen-bond donors (Lipinski definition) is 1. The van der Waals surface area contributed by atoms with Gasteiger partial charge in [0, 0.05) is 12.1 Å². The van der Waals surface area contributed by atoms with E-state index in [4.69, 9.17) is 5.84 Å². The lowest BCUT2D eigenvalue weighted by Gasteiger charge is -2.38. The Morgan fingerprint density at radius 3 is 2.52 bits per heavy atom. The summed E-state index contributed by atoms with van der Waals surface area (Å²) in [6, 6.07) is -0.0451. The summed E-state index contributed by atoms with van der Waals surface area (Å²) in [6.07, 6.45) is 5.83. The average molecular weight is 388 g/mol. The van der Waals surface area contributed by atoms with E-state index in [2.05, 4.69) is 10.2 Å². The van der Waals surface area contributed by atoms with Crippen LogP contribution in [0.1, 0.15) is 44.3 Å². The van der Waals surface area contributed by atoms with Crippen LogP contribution in [-0.4, -0.2) is 63.4 Å². The number of hydrogen-bond acceptors (Lipinski definition) is 7. The van der Waals surface area contributed by atoms with Gasteiger partial charge in [-0.05, 0) is 26.2 Å². The van der Waals surface area contributed by atoms with E-state index in [9.17, 15) is 13.2 Å². The molecule has 1 atom stereocenters. The van der Waals surface area contributed by atoms with Crippen LogP contribution in [-0.2, 0) is 14.6 Å². The highest BCUT2D eigenvalue weighted by molar-refractivity contribution is 7.99. The zero-order valence-electron chi connectivity index (χ0n) is 14.4. The summed E-state index contributed by atoms with van der Waals surface area (Å²) in [7, 11) is -3.03. The van der Waals surface area contributed by atoms with E-state index in [-0.39, 0.29) is 35.2 Å². The summed E-state index contributed by atoms with van der Waals surface area (Å²) < 4.78 is 25.2. The standard InChI is InChI=1S/C15H25N5O3S2/c1-11-17-18-15(20(11)16)24-9-14(21)19(12-5-3-2-4-6-12)13-7-8-25(22,23)10-13/h12-13H,2-10,16H2,1H3/t13-/m0/s1. The zero-order chi connectivity index (χ0) is 18.0. The van der Waals surface area contributed by atoms with Gasteiger partial charge in [0.05, 0.1) is 17.3 Å². The first-order valence-corrected chi connectivity index (χ1v) is 11.5. The summed E-state index contributed by atoms with van der Waals surface area (Å²) in [6.45, 7) is 1.75. The fraction of sp³-hybridized carbons (Fsp3) is 0.800. The minimum absolute atomic E-state index is 0.0281. The second-order valence-electron chi connectivity index (χ2n) is 6.84. The molecule has 2 fully saturated rings. The predicted octanol–water partition coefficient (Wildman–Crippen LogP) is 0.741. The molecule has 1 saturated heterocycles. The number of amides is 1. The first-order chi connectivity index (χ1) is 11.9. The molecule has 0 aromatic carbocycles. The number of nitrogens with two attached hydrogens (primary N) is 1. The second-order valence-corrected chi connectivity index (χ2v) is 10.0. The summed E-state index contributed by atoms with van der Waals surface area (Å²) in [5.41, 5.74) is 0. The molecule has 1 aromatic rings. The highest BCUT2D eigenvalue weighted by atomic mass is 32.2. The van der Waals surface area contributed by atoms with Crippen LogP contribution in [0.2, 0.25) is 0 Å². The smallest absolute Gasteiger partial charge is 0.233 e. The molecule has 2 aliphatic rings. The molecule has 140 valence electrons. The SMILES string of the molecule is Cc1nnc(SCC(=O)N(C2CCCCC2)[C@H]2CCS(=O)(=O)C2)n1N. The number of nitrogen functional groups attached to an aromatic ring is 1. The van der Waals surface area contributed by atoms with Gasteiger partial charge in [0.25, 0.3) is 0 Å². The number of sulfone groups is 1. The normalized spacial score (nSPS) is 23.6. The van der Waals surface area contributed by atoms with Crippen LogP contribution in [0, 0.1) is 6.92 Å². The Morgan fingerprint density at radius 1 is 1.24 bits per heavy atom. The second kappa shape index (κ2) is 7.53. The maximum Gasteiger partial charge on any atom is 0.233 e. The van der Waals surface area contributed by atoms with Crippen molar-refractivity contribution >= 4 is 27.5 Å². The Balaban J connectivity index is 1.71. The van der Waals surface area contributed by atoms with Gasteiger partial charge in [0.1, 0.15) is 5.82 Å². The van der Waals surface area contributed by atoms with Gasteiger partial charge < -0.3 is 10.7 Å². The largest absolute Gasteiger partial charge is 0.336 e. The molecule has 1 aliphatic carbocycles. The van der Waals surface area contributed by atoms with Gasteiger partial charge >= 0.3 is 0 Å². The van der Waals surface area contributed by atoms with Crippen molar-refractivity contribution in [3.8, 4) is 0 Å². The molecule has 10 heteroatoms. The number of nitrogens with zero attached hydrogens (tertiary/aromatic N) is 4. The van der Waals surface area contributed by atoms with Gasteiger partial charge in [0.15, 0.2) is 9.84 Å². The Hall–Kier alpha value is -1.29. The molecular weight excluding hydrogens is 362 g/mol. The number of aryl methyl sites for hydroxylation is 1. The lowest BCUT2D eigenvalue weighted by atomic mass is 9.93. The maximum atomic E-state index is 12.9. The van der Waals surface area contributed by atoms with Crippen molar-refractivity contribution in [3.63, 3.8) is 0 Å². The van der Waals surface area contributed by atoms with Gasteiger partial charge in [-0.25, -0.2) is 13.1 Å². The molecule has 25 heavy (non-hydrogen) atoms. The lowest BCUT2D eigenvalue weighted by Crippen LogP contribution is -2.49. The molecule has 8 nitrogen and oxygen atoms in total. The third-order valence-corrected chi connectivity index (χ3v) is 7.70. The predicted molar refractivity (Wildman–Crippen MR) is 96.4 cm³/mol. The third-order valence-electron chi connectivity index (χ3n) is 5.02. The van der Waals surface area contributed by atoms with Crippen LogP contribution >= 0.6 is 11.8 Å². The monoisotopic (exact) mass is 387 g/mol. The lowest BCUT2D eigenvalue weighted by molar-refractivity contribution is -0.133. The van der Waals surface area contributed by atoms with Crippen LogP contribution in [0.5, 0.6) is 0 Å². The first-order valence-electron chi connectivity index (χ1n) is 8.69. The van der Waals surface area contributed by atoms with Crippen LogP contribution in [0.25, 0.3) is 0 Å². The van der Waals surface area contributed by atoms with Crippen LogP contribution in [0.3, 0.4) is 0 Å². The average Bonchev–Trinajstić information content (AvgIpc) is 3.10. The molecule has 1 saturated carbocycles. The van der Waals surface area contributed by atoms with E-state index in [0.717, 1.165) is 25.7 Å². The Kier molecular flexibility index (Phi) is 5.57. The third kappa shape index (κ3) is 4.28. The molecule has 2 heterocycles. The summed E-state index contributed by atoms with van der Waals surface area (Å²) in [5, 5.41) is 8.35.